The van der Waals surface area contributed by atoms with Crippen molar-refractivity contribution in [3.63, 3.8) is 0 Å². The molecule has 0 spiro atoms. The van der Waals surface area contributed by atoms with Gasteiger partial charge in [-0.2, -0.15) is 5.10 Å². The number of hydrogen-bond acceptors (Lipinski definition) is 4. The molecule has 5 nitrogen and oxygen atoms in total. The van der Waals surface area contributed by atoms with Gasteiger partial charge in [-0.25, -0.2) is 9.50 Å². The van der Waals surface area contributed by atoms with Crippen LogP contribution in [0.3, 0.4) is 0 Å². The van der Waals surface area contributed by atoms with Crippen molar-refractivity contribution in [3.05, 3.63) is 29.7 Å². The molecule has 3 heterocycles. The Hall–Kier alpha value is -1.75. The molecule has 94 valence electrons. The lowest BCUT2D eigenvalue weighted by Crippen LogP contribution is -2.22. The summed E-state index contributed by atoms with van der Waals surface area (Å²) in [6.07, 6.45) is 6.10. The summed E-state index contributed by atoms with van der Waals surface area (Å²) in [5.41, 5.74) is 1.25. The van der Waals surface area contributed by atoms with Gasteiger partial charge in [0.15, 0.2) is 17.8 Å². The molecule has 1 aliphatic rings. The lowest BCUT2D eigenvalue weighted by Gasteiger charge is -2.12. The third-order valence-corrected chi connectivity index (χ3v) is 3.41. The number of likely N-dealkylation sites (tertiary alicyclic amines) is 1. The number of aldehydes is 1. The standard InChI is InChI=1S/C13H16N4O/c18-10-11-4-3-8-17-13(11)14-12(15-17)5-9-16-6-1-2-7-16/h3-4,8,10H,1-2,5-7,9H2. The highest BCUT2D eigenvalue weighted by Gasteiger charge is 2.13. The van der Waals surface area contributed by atoms with Crippen LogP contribution in [0.1, 0.15) is 29.0 Å². The molecule has 1 fully saturated rings. The third-order valence-electron chi connectivity index (χ3n) is 3.41. The van der Waals surface area contributed by atoms with Gasteiger partial charge in [-0.15, -0.1) is 0 Å². The second-order valence-electron chi connectivity index (χ2n) is 4.68. The molecule has 0 bridgehead atoms. The first-order valence-corrected chi connectivity index (χ1v) is 6.38. The fraction of sp³-hybridized carbons (Fsp3) is 0.462. The van der Waals surface area contributed by atoms with Crippen molar-refractivity contribution >= 4 is 11.9 Å². The summed E-state index contributed by atoms with van der Waals surface area (Å²) in [7, 11) is 0. The topological polar surface area (TPSA) is 50.5 Å². The van der Waals surface area contributed by atoms with E-state index in [0.717, 1.165) is 25.1 Å². The lowest BCUT2D eigenvalue weighted by molar-refractivity contribution is 0.112. The van der Waals surface area contributed by atoms with Crippen molar-refractivity contribution in [1.82, 2.24) is 19.5 Å². The van der Waals surface area contributed by atoms with Crippen molar-refractivity contribution in [2.75, 3.05) is 19.6 Å². The first-order chi connectivity index (χ1) is 8.86. The second-order valence-corrected chi connectivity index (χ2v) is 4.68. The molecule has 0 radical (unpaired) electrons. The van der Waals surface area contributed by atoms with Gasteiger partial charge in [0, 0.05) is 19.2 Å². The van der Waals surface area contributed by atoms with Gasteiger partial charge in [0.1, 0.15) is 0 Å². The molecule has 0 aromatic carbocycles. The van der Waals surface area contributed by atoms with E-state index in [-0.39, 0.29) is 0 Å². The van der Waals surface area contributed by atoms with Crippen LogP contribution in [0, 0.1) is 0 Å². The Balaban J connectivity index is 1.78. The first kappa shape index (κ1) is 11.3. The van der Waals surface area contributed by atoms with E-state index in [9.17, 15) is 4.79 Å². The van der Waals surface area contributed by atoms with Crippen molar-refractivity contribution < 1.29 is 4.79 Å². The molecule has 1 aliphatic heterocycles. The van der Waals surface area contributed by atoms with Crippen molar-refractivity contribution in [2.45, 2.75) is 19.3 Å². The van der Waals surface area contributed by atoms with Gasteiger partial charge < -0.3 is 4.90 Å². The predicted molar refractivity (Wildman–Crippen MR) is 67.8 cm³/mol. The van der Waals surface area contributed by atoms with Gasteiger partial charge in [0.25, 0.3) is 0 Å². The Bertz CT molecular complexity index is 557. The van der Waals surface area contributed by atoms with E-state index in [1.807, 2.05) is 12.3 Å². The Morgan fingerprint density at radius 1 is 1.33 bits per heavy atom. The summed E-state index contributed by atoms with van der Waals surface area (Å²) in [6, 6.07) is 3.58. The number of nitrogens with zero attached hydrogens (tertiary/aromatic N) is 4. The first-order valence-electron chi connectivity index (χ1n) is 6.38. The third kappa shape index (κ3) is 2.13. The number of carbonyl (C=O) groups is 1. The number of pyridine rings is 1. The number of rotatable bonds is 4. The van der Waals surface area contributed by atoms with Crippen LogP contribution in [0.25, 0.3) is 5.65 Å². The zero-order valence-electron chi connectivity index (χ0n) is 10.2. The van der Waals surface area contributed by atoms with Gasteiger partial charge in [0.05, 0.1) is 5.56 Å². The van der Waals surface area contributed by atoms with Crippen molar-refractivity contribution in [2.24, 2.45) is 0 Å². The van der Waals surface area contributed by atoms with Gasteiger partial charge in [-0.3, -0.25) is 4.79 Å². The summed E-state index contributed by atoms with van der Waals surface area (Å²) in [4.78, 5) is 17.8. The van der Waals surface area contributed by atoms with Crippen LogP contribution < -0.4 is 0 Å². The van der Waals surface area contributed by atoms with Gasteiger partial charge >= 0.3 is 0 Å². The smallest absolute Gasteiger partial charge is 0.166 e. The molecule has 0 amide bonds. The monoisotopic (exact) mass is 244 g/mol. The molecule has 2 aromatic rings. The summed E-state index contributed by atoms with van der Waals surface area (Å²) in [5.74, 6) is 0.816. The molecule has 0 N–H and O–H groups in total. The highest BCUT2D eigenvalue weighted by molar-refractivity contribution is 5.83. The molecule has 0 aliphatic carbocycles. The molecule has 18 heavy (non-hydrogen) atoms. The van der Waals surface area contributed by atoms with Crippen LogP contribution in [0.4, 0.5) is 0 Å². The second kappa shape index (κ2) is 4.86. The number of fused-ring (bicyclic) bond motifs is 1. The summed E-state index contributed by atoms with van der Waals surface area (Å²) >= 11 is 0. The largest absolute Gasteiger partial charge is 0.303 e. The van der Waals surface area contributed by atoms with Crippen LogP contribution in [0.5, 0.6) is 0 Å². The SMILES string of the molecule is O=Cc1cccn2nc(CCN3CCCC3)nc12. The molecule has 0 atom stereocenters. The van der Waals surface area contributed by atoms with Gasteiger partial charge in [0.2, 0.25) is 0 Å². The van der Waals surface area contributed by atoms with E-state index in [1.54, 1.807) is 10.6 Å². The number of aromatic nitrogens is 3. The van der Waals surface area contributed by atoms with E-state index < -0.39 is 0 Å². The van der Waals surface area contributed by atoms with E-state index in [4.69, 9.17) is 0 Å². The maximum absolute atomic E-state index is 10.9. The quantitative estimate of drug-likeness (QED) is 0.758. The average Bonchev–Trinajstić information content (AvgIpc) is 3.04. The van der Waals surface area contributed by atoms with Gasteiger partial charge in [-0.05, 0) is 38.1 Å². The molecule has 0 saturated carbocycles. The fourth-order valence-corrected chi connectivity index (χ4v) is 2.43. The maximum Gasteiger partial charge on any atom is 0.166 e. The van der Waals surface area contributed by atoms with Gasteiger partial charge in [-0.1, -0.05) is 0 Å². The summed E-state index contributed by atoms with van der Waals surface area (Å²) in [5, 5.41) is 4.40. The van der Waals surface area contributed by atoms with E-state index >= 15 is 0 Å². The molecule has 0 unspecified atom stereocenters. The minimum atomic E-state index is 0.595. The zero-order chi connectivity index (χ0) is 12.4. The Labute approximate surface area is 105 Å². The Morgan fingerprint density at radius 3 is 2.94 bits per heavy atom. The minimum absolute atomic E-state index is 0.595. The van der Waals surface area contributed by atoms with Crippen molar-refractivity contribution in [3.8, 4) is 0 Å². The Kier molecular flexibility index (Phi) is 3.06. The average molecular weight is 244 g/mol. The minimum Gasteiger partial charge on any atom is -0.303 e. The molecule has 1 saturated heterocycles. The number of carbonyl (C=O) groups excluding carboxylic acids is 1. The normalized spacial score (nSPS) is 16.4. The number of hydrogen-bond donors (Lipinski definition) is 0. The van der Waals surface area contributed by atoms with E-state index in [0.29, 0.717) is 11.2 Å². The van der Waals surface area contributed by atoms with Crippen LogP contribution in [0.2, 0.25) is 0 Å². The van der Waals surface area contributed by atoms with Crippen LogP contribution in [-0.4, -0.2) is 45.4 Å². The highest BCUT2D eigenvalue weighted by Crippen LogP contribution is 2.10. The molecule has 5 heteroatoms. The fourth-order valence-electron chi connectivity index (χ4n) is 2.43. The zero-order valence-corrected chi connectivity index (χ0v) is 10.2. The maximum atomic E-state index is 10.9. The van der Waals surface area contributed by atoms with Crippen molar-refractivity contribution in [1.29, 1.82) is 0 Å². The Morgan fingerprint density at radius 2 is 2.17 bits per heavy atom. The van der Waals surface area contributed by atoms with E-state index in [2.05, 4.69) is 15.0 Å². The molecular weight excluding hydrogens is 228 g/mol. The molecule has 2 aromatic heterocycles. The van der Waals surface area contributed by atoms with Crippen LogP contribution >= 0.6 is 0 Å². The summed E-state index contributed by atoms with van der Waals surface area (Å²) in [6.45, 7) is 3.38. The van der Waals surface area contributed by atoms with E-state index in [1.165, 1.54) is 25.9 Å². The highest BCUT2D eigenvalue weighted by atomic mass is 16.1. The van der Waals surface area contributed by atoms with Crippen LogP contribution in [0.15, 0.2) is 18.3 Å². The van der Waals surface area contributed by atoms with Crippen LogP contribution in [-0.2, 0) is 6.42 Å². The molecule has 3 rings (SSSR count). The lowest BCUT2D eigenvalue weighted by atomic mass is 10.3. The predicted octanol–water partition coefficient (Wildman–Crippen LogP) is 1.18. The molecular formula is C13H16N4O. The summed E-state index contributed by atoms with van der Waals surface area (Å²) < 4.78 is 1.68.